The summed E-state index contributed by atoms with van der Waals surface area (Å²) in [6, 6.07) is 14.7. The standard InChI is InChI=1S/C19H20N2O4S2/c1-25-19(23)17(14-6-3-2-4-7-14)20-18(22)15-8-5-9-16(12-15)27(24)21-10-11-26-13-21/h2-9,12,17H,10-11,13H2,1H3,(H,20,22). The van der Waals surface area contributed by atoms with Crippen molar-refractivity contribution < 1.29 is 18.5 Å². The number of methoxy groups -OCH3 is 1. The highest BCUT2D eigenvalue weighted by molar-refractivity contribution is 8.00. The van der Waals surface area contributed by atoms with E-state index in [1.165, 1.54) is 7.11 Å². The van der Waals surface area contributed by atoms with E-state index in [0.717, 1.165) is 12.3 Å². The molecule has 2 unspecified atom stereocenters. The molecule has 2 atom stereocenters. The predicted octanol–water partition coefficient (Wildman–Crippen LogP) is 2.36. The molecule has 8 heteroatoms. The van der Waals surface area contributed by atoms with Gasteiger partial charge in [0.25, 0.3) is 5.91 Å². The normalized spacial score (nSPS) is 16.5. The van der Waals surface area contributed by atoms with Gasteiger partial charge in [-0.25, -0.2) is 13.3 Å². The molecule has 1 heterocycles. The number of thioether (sulfide) groups is 1. The van der Waals surface area contributed by atoms with E-state index in [1.54, 1.807) is 60.3 Å². The second-order valence-electron chi connectivity index (χ2n) is 5.86. The number of nitrogens with zero attached hydrogens (tertiary/aromatic N) is 1. The third-order valence-electron chi connectivity index (χ3n) is 4.10. The van der Waals surface area contributed by atoms with Gasteiger partial charge in [0.05, 0.1) is 17.9 Å². The first-order valence-electron chi connectivity index (χ1n) is 8.38. The number of benzene rings is 2. The molecule has 142 valence electrons. The molecule has 1 N–H and O–H groups in total. The number of carbonyl (C=O) groups excluding carboxylic acids is 2. The third kappa shape index (κ3) is 4.77. The fourth-order valence-corrected chi connectivity index (χ4v) is 5.19. The monoisotopic (exact) mass is 404 g/mol. The smallest absolute Gasteiger partial charge is 0.333 e. The fraction of sp³-hybridized carbons (Fsp3) is 0.263. The summed E-state index contributed by atoms with van der Waals surface area (Å²) < 4.78 is 19.3. The molecule has 0 saturated carbocycles. The summed E-state index contributed by atoms with van der Waals surface area (Å²) in [4.78, 5) is 25.4. The van der Waals surface area contributed by atoms with Gasteiger partial charge in [-0.2, -0.15) is 0 Å². The van der Waals surface area contributed by atoms with Crippen molar-refractivity contribution in [1.82, 2.24) is 9.62 Å². The fourth-order valence-electron chi connectivity index (χ4n) is 2.68. The van der Waals surface area contributed by atoms with E-state index < -0.39 is 28.9 Å². The summed E-state index contributed by atoms with van der Waals surface area (Å²) in [6.07, 6.45) is 0. The summed E-state index contributed by atoms with van der Waals surface area (Å²) in [7, 11) is -0.0237. The molecule has 2 aromatic rings. The van der Waals surface area contributed by atoms with Crippen LogP contribution in [0.1, 0.15) is 22.0 Å². The van der Waals surface area contributed by atoms with Crippen LogP contribution in [0.4, 0.5) is 0 Å². The summed E-state index contributed by atoms with van der Waals surface area (Å²) in [5.41, 5.74) is 0.976. The van der Waals surface area contributed by atoms with E-state index in [2.05, 4.69) is 5.32 Å². The zero-order chi connectivity index (χ0) is 19.2. The molecule has 0 bridgehead atoms. The molecule has 1 aliphatic heterocycles. The van der Waals surface area contributed by atoms with Crippen molar-refractivity contribution in [2.75, 3.05) is 25.3 Å². The van der Waals surface area contributed by atoms with Crippen LogP contribution in [0, 0.1) is 0 Å². The highest BCUT2D eigenvalue weighted by atomic mass is 32.2. The Morgan fingerprint density at radius 1 is 1.19 bits per heavy atom. The number of hydrogen-bond donors (Lipinski definition) is 1. The maximum Gasteiger partial charge on any atom is 0.333 e. The van der Waals surface area contributed by atoms with E-state index in [1.807, 2.05) is 10.4 Å². The summed E-state index contributed by atoms with van der Waals surface area (Å²) >= 11 is 1.73. The van der Waals surface area contributed by atoms with Crippen LogP contribution in [0.25, 0.3) is 0 Å². The van der Waals surface area contributed by atoms with Crippen molar-refractivity contribution in [3.8, 4) is 0 Å². The highest BCUT2D eigenvalue weighted by Crippen LogP contribution is 2.21. The van der Waals surface area contributed by atoms with Crippen LogP contribution >= 0.6 is 11.8 Å². The molecular formula is C19H20N2O4S2. The van der Waals surface area contributed by atoms with E-state index in [-0.39, 0.29) is 0 Å². The van der Waals surface area contributed by atoms with Gasteiger partial charge < -0.3 is 10.1 Å². The minimum Gasteiger partial charge on any atom is -0.467 e. The summed E-state index contributed by atoms with van der Waals surface area (Å²) in [6.45, 7) is 0.756. The first kappa shape index (κ1) is 19.6. The van der Waals surface area contributed by atoms with Crippen molar-refractivity contribution in [3.63, 3.8) is 0 Å². The van der Waals surface area contributed by atoms with Crippen LogP contribution < -0.4 is 5.32 Å². The molecule has 0 aliphatic carbocycles. The minimum atomic E-state index is -1.30. The topological polar surface area (TPSA) is 75.7 Å². The lowest BCUT2D eigenvalue weighted by Gasteiger charge is -2.17. The van der Waals surface area contributed by atoms with Gasteiger partial charge in [0.15, 0.2) is 6.04 Å². The van der Waals surface area contributed by atoms with E-state index in [4.69, 9.17) is 4.74 Å². The molecule has 0 spiro atoms. The molecule has 1 saturated heterocycles. The number of nitrogens with one attached hydrogen (secondary N) is 1. The molecule has 2 aromatic carbocycles. The predicted molar refractivity (Wildman–Crippen MR) is 106 cm³/mol. The summed E-state index contributed by atoms with van der Waals surface area (Å²) in [5, 5.41) is 2.71. The van der Waals surface area contributed by atoms with E-state index in [0.29, 0.717) is 21.9 Å². The maximum atomic E-state index is 12.7. The van der Waals surface area contributed by atoms with Gasteiger partial charge in [0, 0.05) is 17.9 Å². The number of ether oxygens (including phenoxy) is 1. The molecular weight excluding hydrogens is 384 g/mol. The van der Waals surface area contributed by atoms with Crippen molar-refractivity contribution in [1.29, 1.82) is 0 Å². The molecule has 1 aliphatic rings. The average Bonchev–Trinajstić information content (AvgIpc) is 3.26. The van der Waals surface area contributed by atoms with Crippen molar-refractivity contribution in [3.05, 3.63) is 65.7 Å². The number of carbonyl (C=O) groups is 2. The van der Waals surface area contributed by atoms with Crippen LogP contribution in [0.3, 0.4) is 0 Å². The Morgan fingerprint density at radius 2 is 1.96 bits per heavy atom. The van der Waals surface area contributed by atoms with Gasteiger partial charge in [-0.1, -0.05) is 36.4 Å². The van der Waals surface area contributed by atoms with Crippen LogP contribution in [0.15, 0.2) is 59.5 Å². The lowest BCUT2D eigenvalue weighted by molar-refractivity contribution is -0.143. The maximum absolute atomic E-state index is 12.7. The Balaban J connectivity index is 1.79. The first-order chi connectivity index (χ1) is 13.1. The van der Waals surface area contributed by atoms with Crippen LogP contribution in [-0.2, 0) is 20.5 Å². The molecule has 3 rings (SSSR count). The molecule has 0 aromatic heterocycles. The quantitative estimate of drug-likeness (QED) is 0.748. The Bertz CT molecular complexity index is 839. The number of esters is 1. The number of hydrogen-bond acceptors (Lipinski definition) is 5. The summed E-state index contributed by atoms with van der Waals surface area (Å²) in [5.74, 6) is 0.679. The lowest BCUT2D eigenvalue weighted by atomic mass is 10.1. The van der Waals surface area contributed by atoms with Crippen molar-refractivity contribution >= 4 is 34.6 Å². The van der Waals surface area contributed by atoms with Gasteiger partial charge in [0.2, 0.25) is 0 Å². The molecule has 1 fully saturated rings. The Labute approximate surface area is 164 Å². The Hall–Kier alpha value is -2.16. The average molecular weight is 405 g/mol. The minimum absolute atomic E-state index is 0.345. The van der Waals surface area contributed by atoms with Crippen LogP contribution in [0.5, 0.6) is 0 Å². The van der Waals surface area contributed by atoms with E-state index >= 15 is 0 Å². The van der Waals surface area contributed by atoms with Crippen molar-refractivity contribution in [2.24, 2.45) is 0 Å². The van der Waals surface area contributed by atoms with Crippen LogP contribution in [0.2, 0.25) is 0 Å². The SMILES string of the molecule is COC(=O)C(NC(=O)c1cccc(S(=O)N2CCSC2)c1)c1ccccc1. The Kier molecular flexibility index (Phi) is 6.65. The van der Waals surface area contributed by atoms with E-state index in [9.17, 15) is 13.8 Å². The van der Waals surface area contributed by atoms with Gasteiger partial charge in [-0.15, -0.1) is 11.8 Å². The Morgan fingerprint density at radius 3 is 2.63 bits per heavy atom. The second-order valence-corrected chi connectivity index (χ2v) is 8.42. The van der Waals surface area contributed by atoms with Gasteiger partial charge in [0.1, 0.15) is 11.0 Å². The first-order valence-corrected chi connectivity index (χ1v) is 10.6. The zero-order valence-corrected chi connectivity index (χ0v) is 16.4. The van der Waals surface area contributed by atoms with Gasteiger partial charge in [-0.3, -0.25) is 4.79 Å². The lowest BCUT2D eigenvalue weighted by Crippen LogP contribution is -2.34. The highest BCUT2D eigenvalue weighted by Gasteiger charge is 2.25. The number of amides is 1. The third-order valence-corrected chi connectivity index (χ3v) is 6.66. The molecule has 6 nitrogen and oxygen atoms in total. The number of rotatable bonds is 6. The molecule has 27 heavy (non-hydrogen) atoms. The largest absolute Gasteiger partial charge is 0.467 e. The molecule has 1 amide bonds. The second kappa shape index (κ2) is 9.16. The van der Waals surface area contributed by atoms with Gasteiger partial charge >= 0.3 is 5.97 Å². The molecule has 0 radical (unpaired) electrons. The van der Waals surface area contributed by atoms with Crippen molar-refractivity contribution in [2.45, 2.75) is 10.9 Å². The van der Waals surface area contributed by atoms with Gasteiger partial charge in [-0.05, 0) is 23.8 Å². The van der Waals surface area contributed by atoms with Crippen LogP contribution in [-0.4, -0.2) is 45.7 Å². The zero-order valence-electron chi connectivity index (χ0n) is 14.8.